The predicted octanol–water partition coefficient (Wildman–Crippen LogP) is 8.26. The van der Waals surface area contributed by atoms with E-state index in [9.17, 15) is 0 Å². The first-order chi connectivity index (χ1) is 18.6. The summed E-state index contributed by atoms with van der Waals surface area (Å²) in [6.45, 7) is 6.43. The van der Waals surface area contributed by atoms with Gasteiger partial charge in [-0.1, -0.05) is 45.0 Å². The van der Waals surface area contributed by atoms with Gasteiger partial charge in [0.25, 0.3) is 0 Å². The fraction of sp³-hybridized carbons (Fsp3) is 0.161. The minimum Gasteiger partial charge on any atom is -0.342 e. The number of benzene rings is 4. The molecule has 0 saturated heterocycles. The van der Waals surface area contributed by atoms with Gasteiger partial charge in [0, 0.05) is 49.5 Å². The Balaban J connectivity index is 1.33. The second-order valence-corrected chi connectivity index (χ2v) is 11.3. The van der Waals surface area contributed by atoms with Crippen LogP contribution in [-0.4, -0.2) is 29.9 Å². The lowest BCUT2D eigenvalue weighted by Gasteiger charge is -2.08. The van der Waals surface area contributed by atoms with Crippen molar-refractivity contribution < 1.29 is 0 Å². The van der Waals surface area contributed by atoms with E-state index in [0.717, 1.165) is 61.8 Å². The lowest BCUT2D eigenvalue weighted by molar-refractivity contribution is 0.799. The zero-order valence-corrected chi connectivity index (χ0v) is 22.1. The van der Waals surface area contributed by atoms with Crippen LogP contribution in [0.5, 0.6) is 0 Å². The van der Waals surface area contributed by atoms with Crippen molar-refractivity contribution in [3.63, 3.8) is 0 Å². The first kappa shape index (κ1) is 21.7. The molecule has 0 spiro atoms. The molecule has 7 heteroatoms. The van der Waals surface area contributed by atoms with Gasteiger partial charge in [-0.05, 0) is 40.8 Å². The molecule has 0 amide bonds. The number of rotatable bonds is 3. The summed E-state index contributed by atoms with van der Waals surface area (Å²) in [6.07, 6.45) is 4.44. The smallest absolute Gasteiger partial charge is 0.116 e. The number of H-pyrrole nitrogens is 2. The molecule has 0 radical (unpaired) electrons. The molecular weight excluding hydrogens is 488 g/mol. The first-order valence-corrected chi connectivity index (χ1v) is 13.8. The van der Waals surface area contributed by atoms with Gasteiger partial charge in [0.1, 0.15) is 18.0 Å². The Kier molecular flexibility index (Phi) is 4.47. The molecule has 8 aromatic rings. The molecule has 4 aromatic heterocycles. The summed E-state index contributed by atoms with van der Waals surface area (Å²) in [5.74, 6) is 2.31. The number of imidazole rings is 2. The number of thiophene rings is 1. The van der Waals surface area contributed by atoms with E-state index in [1.807, 2.05) is 17.5 Å². The van der Waals surface area contributed by atoms with Crippen LogP contribution in [0.1, 0.15) is 38.3 Å². The highest BCUT2D eigenvalue weighted by atomic mass is 32.1. The fourth-order valence-corrected chi connectivity index (χ4v) is 6.75. The van der Waals surface area contributed by atoms with Crippen LogP contribution in [0, 0.1) is 0 Å². The summed E-state index contributed by atoms with van der Waals surface area (Å²) >= 11 is 1.83. The highest BCUT2D eigenvalue weighted by Gasteiger charge is 2.17. The molecule has 0 unspecified atom stereocenters. The van der Waals surface area contributed by atoms with Crippen molar-refractivity contribution in [3.05, 3.63) is 72.7 Å². The highest BCUT2D eigenvalue weighted by Crippen LogP contribution is 2.40. The Morgan fingerprint density at radius 3 is 2.45 bits per heavy atom. The quantitative estimate of drug-likeness (QED) is 0.233. The van der Waals surface area contributed by atoms with Crippen LogP contribution in [0.15, 0.2) is 61.1 Å². The van der Waals surface area contributed by atoms with Gasteiger partial charge < -0.3 is 9.97 Å². The van der Waals surface area contributed by atoms with E-state index in [1.54, 1.807) is 6.33 Å². The third kappa shape index (κ3) is 3.05. The number of hydrogen-bond donors (Lipinski definition) is 2. The number of hydrogen-bond acceptors (Lipinski definition) is 5. The Morgan fingerprint density at radius 1 is 0.789 bits per heavy atom. The Labute approximate surface area is 221 Å². The van der Waals surface area contributed by atoms with Crippen molar-refractivity contribution in [2.75, 3.05) is 0 Å². The Bertz CT molecular complexity index is 2220. The van der Waals surface area contributed by atoms with Crippen molar-refractivity contribution in [1.29, 1.82) is 0 Å². The predicted molar refractivity (Wildman–Crippen MR) is 158 cm³/mol. The highest BCUT2D eigenvalue weighted by molar-refractivity contribution is 7.25. The largest absolute Gasteiger partial charge is 0.342 e. The van der Waals surface area contributed by atoms with E-state index in [-0.39, 0.29) is 0 Å². The maximum absolute atomic E-state index is 4.97. The standard InChI is InChI=1S/C31H24N6S/c1-4-27-34-23-11-21-18-7-5-17(10-25(18)38-26(21)12-24(23)35-27)16-6-8-19-20(9-16)22-13-32-14-33-28(22)30-29(19)36-31(37-30)15(2)3/h5-15H,4H2,1-3H3,(H,34,35)(H,36,37). The van der Waals surface area contributed by atoms with Gasteiger partial charge >= 0.3 is 0 Å². The maximum Gasteiger partial charge on any atom is 0.116 e. The van der Waals surface area contributed by atoms with Crippen molar-refractivity contribution in [2.24, 2.45) is 0 Å². The van der Waals surface area contributed by atoms with E-state index in [2.05, 4.69) is 89.2 Å². The lowest BCUT2D eigenvalue weighted by Crippen LogP contribution is -1.88. The topological polar surface area (TPSA) is 83.1 Å². The fourth-order valence-electron chi connectivity index (χ4n) is 5.59. The molecule has 4 aromatic carbocycles. The SMILES string of the molecule is CCc1nc2cc3sc4cc(-c5ccc6c(c5)c5cncnc5c5[nH]c(C(C)C)nc65)ccc4c3cc2[nH]1. The zero-order chi connectivity index (χ0) is 25.5. The van der Waals surface area contributed by atoms with Crippen LogP contribution in [0.4, 0.5) is 0 Å². The van der Waals surface area contributed by atoms with Gasteiger partial charge in [-0.25, -0.2) is 19.9 Å². The van der Waals surface area contributed by atoms with Gasteiger partial charge in [-0.2, -0.15) is 0 Å². The van der Waals surface area contributed by atoms with Crippen LogP contribution in [0.25, 0.3) is 75.0 Å². The van der Waals surface area contributed by atoms with Crippen molar-refractivity contribution >= 4 is 75.3 Å². The van der Waals surface area contributed by atoms with Gasteiger partial charge in [0.15, 0.2) is 0 Å². The molecule has 4 heterocycles. The molecule has 0 atom stereocenters. The van der Waals surface area contributed by atoms with E-state index in [4.69, 9.17) is 9.97 Å². The molecule has 6 nitrogen and oxygen atoms in total. The van der Waals surface area contributed by atoms with Gasteiger partial charge in [0.2, 0.25) is 0 Å². The lowest BCUT2D eigenvalue weighted by atomic mass is 9.97. The molecule has 0 aliphatic heterocycles. The second-order valence-electron chi connectivity index (χ2n) is 10.3. The average Bonchev–Trinajstić information content (AvgIpc) is 3.66. The van der Waals surface area contributed by atoms with Crippen LogP contribution in [-0.2, 0) is 6.42 Å². The third-order valence-corrected chi connectivity index (χ3v) is 8.69. The van der Waals surface area contributed by atoms with E-state index < -0.39 is 0 Å². The van der Waals surface area contributed by atoms with Gasteiger partial charge in [-0.3, -0.25) is 0 Å². The minimum atomic E-state index is 0.305. The van der Waals surface area contributed by atoms with Crippen LogP contribution < -0.4 is 0 Å². The summed E-state index contributed by atoms with van der Waals surface area (Å²) in [5.41, 5.74) is 7.36. The maximum atomic E-state index is 4.97. The zero-order valence-electron chi connectivity index (χ0n) is 21.3. The number of aromatic nitrogens is 6. The number of fused-ring (bicyclic) bond motifs is 10. The molecule has 8 rings (SSSR count). The van der Waals surface area contributed by atoms with Crippen molar-refractivity contribution in [1.82, 2.24) is 29.9 Å². The monoisotopic (exact) mass is 512 g/mol. The number of nitrogens with one attached hydrogen (secondary N) is 2. The Morgan fingerprint density at radius 2 is 1.61 bits per heavy atom. The van der Waals surface area contributed by atoms with Gasteiger partial charge in [-0.15, -0.1) is 11.3 Å². The third-order valence-electron chi connectivity index (χ3n) is 7.58. The molecule has 0 fully saturated rings. The second kappa shape index (κ2) is 7.82. The molecular formula is C31H24N6S. The molecule has 2 N–H and O–H groups in total. The summed E-state index contributed by atoms with van der Waals surface area (Å²) in [7, 11) is 0. The summed E-state index contributed by atoms with van der Waals surface area (Å²) in [5, 5.41) is 5.83. The molecule has 184 valence electrons. The van der Waals surface area contributed by atoms with Crippen molar-refractivity contribution in [3.8, 4) is 11.1 Å². The molecule has 0 saturated carbocycles. The average molecular weight is 513 g/mol. The molecule has 0 aliphatic carbocycles. The van der Waals surface area contributed by atoms with Gasteiger partial charge in [0.05, 0.1) is 27.6 Å². The Hall–Kier alpha value is -4.36. The molecule has 0 bridgehead atoms. The minimum absolute atomic E-state index is 0.305. The molecule has 0 aliphatic rings. The van der Waals surface area contributed by atoms with E-state index in [1.165, 1.54) is 31.3 Å². The first-order valence-electron chi connectivity index (χ1n) is 13.0. The van der Waals surface area contributed by atoms with Crippen LogP contribution >= 0.6 is 11.3 Å². The van der Waals surface area contributed by atoms with Crippen molar-refractivity contribution in [2.45, 2.75) is 33.1 Å². The van der Waals surface area contributed by atoms with Crippen LogP contribution in [0.2, 0.25) is 0 Å². The number of aromatic amines is 2. The number of aryl methyl sites for hydroxylation is 1. The van der Waals surface area contributed by atoms with E-state index >= 15 is 0 Å². The molecule has 38 heavy (non-hydrogen) atoms. The summed E-state index contributed by atoms with van der Waals surface area (Å²) in [4.78, 5) is 25.7. The summed E-state index contributed by atoms with van der Waals surface area (Å²) in [6, 6.07) is 17.9. The summed E-state index contributed by atoms with van der Waals surface area (Å²) < 4.78 is 2.54. The number of nitrogens with zero attached hydrogens (tertiary/aromatic N) is 4. The van der Waals surface area contributed by atoms with E-state index in [0.29, 0.717) is 5.92 Å². The normalized spacial score (nSPS) is 12.4. The van der Waals surface area contributed by atoms with Crippen LogP contribution in [0.3, 0.4) is 0 Å².